The summed E-state index contributed by atoms with van der Waals surface area (Å²) in [7, 11) is 1.58. The number of carbonyl (C=O) groups is 2. The first kappa shape index (κ1) is 19.7. The van der Waals surface area contributed by atoms with Gasteiger partial charge in [-0.15, -0.1) is 0 Å². The fraction of sp³-hybridized carbons (Fsp3) is 0.333. The maximum absolute atomic E-state index is 12.3. The molecule has 0 aliphatic heterocycles. The van der Waals surface area contributed by atoms with E-state index in [4.69, 9.17) is 4.74 Å². The zero-order valence-electron chi connectivity index (χ0n) is 15.4. The van der Waals surface area contributed by atoms with Crippen LogP contribution in [-0.4, -0.2) is 32.1 Å². The smallest absolute Gasteiger partial charge is 0.253 e. The predicted octanol–water partition coefficient (Wildman–Crippen LogP) is 3.20. The molecule has 0 atom stereocenters. The van der Waals surface area contributed by atoms with Gasteiger partial charge < -0.3 is 15.4 Å². The summed E-state index contributed by atoms with van der Waals surface area (Å²) in [5.41, 5.74) is 3.38. The van der Waals surface area contributed by atoms with E-state index in [0.29, 0.717) is 37.2 Å². The van der Waals surface area contributed by atoms with Crippen LogP contribution >= 0.6 is 0 Å². The second-order valence-corrected chi connectivity index (χ2v) is 6.01. The number of ether oxygens (including phenoxy) is 1. The number of amides is 2. The van der Waals surface area contributed by atoms with Crippen molar-refractivity contribution >= 4 is 17.5 Å². The third-order valence-electron chi connectivity index (χ3n) is 4.11. The van der Waals surface area contributed by atoms with E-state index in [1.807, 2.05) is 0 Å². The Hall–Kier alpha value is -2.66. The number of rotatable bonds is 9. The lowest BCUT2D eigenvalue weighted by molar-refractivity contribution is -0.116. The van der Waals surface area contributed by atoms with E-state index in [-0.39, 0.29) is 11.8 Å². The molecule has 5 nitrogen and oxygen atoms in total. The summed E-state index contributed by atoms with van der Waals surface area (Å²) in [5, 5.41) is 5.61. The third-order valence-corrected chi connectivity index (χ3v) is 4.11. The van der Waals surface area contributed by atoms with Crippen LogP contribution in [0.15, 0.2) is 48.5 Å². The molecule has 0 fully saturated rings. The number of para-hydroxylation sites is 1. The number of nitrogens with one attached hydrogen (secondary N) is 2. The quantitative estimate of drug-likeness (QED) is 0.680. The van der Waals surface area contributed by atoms with Gasteiger partial charge in [0.15, 0.2) is 0 Å². The Morgan fingerprint density at radius 3 is 2.38 bits per heavy atom. The van der Waals surface area contributed by atoms with E-state index in [1.54, 1.807) is 31.4 Å². The first-order valence-electron chi connectivity index (χ1n) is 8.88. The average molecular weight is 354 g/mol. The molecule has 2 aromatic carbocycles. The van der Waals surface area contributed by atoms with E-state index in [0.717, 1.165) is 12.0 Å². The van der Waals surface area contributed by atoms with Crippen LogP contribution in [0.1, 0.15) is 34.8 Å². The van der Waals surface area contributed by atoms with Crippen molar-refractivity contribution < 1.29 is 14.3 Å². The van der Waals surface area contributed by atoms with Crippen LogP contribution in [0.3, 0.4) is 0 Å². The Balaban J connectivity index is 1.92. The van der Waals surface area contributed by atoms with Gasteiger partial charge in [-0.1, -0.05) is 43.3 Å². The number of methoxy groups -OCH3 is 1. The molecule has 138 valence electrons. The van der Waals surface area contributed by atoms with Crippen LogP contribution in [0.4, 0.5) is 5.69 Å². The maximum Gasteiger partial charge on any atom is 0.253 e. The minimum atomic E-state index is -0.229. The molecule has 5 heteroatoms. The molecule has 2 aromatic rings. The number of hydrogen-bond acceptors (Lipinski definition) is 3. The van der Waals surface area contributed by atoms with E-state index < -0.39 is 0 Å². The molecule has 2 rings (SSSR count). The first-order valence-corrected chi connectivity index (χ1v) is 8.88. The fourth-order valence-corrected chi connectivity index (χ4v) is 2.56. The van der Waals surface area contributed by atoms with Gasteiger partial charge in [0.1, 0.15) is 0 Å². The largest absolute Gasteiger partial charge is 0.383 e. The number of anilines is 1. The molecule has 0 bridgehead atoms. The molecule has 0 unspecified atom stereocenters. The van der Waals surface area contributed by atoms with Crippen LogP contribution in [0, 0.1) is 0 Å². The summed E-state index contributed by atoms with van der Waals surface area (Å²) >= 11 is 0. The number of carbonyl (C=O) groups excluding carboxylic acids is 2. The molecule has 0 spiro atoms. The van der Waals surface area contributed by atoms with Crippen molar-refractivity contribution in [1.82, 2.24) is 5.32 Å². The second kappa shape index (κ2) is 10.4. The predicted molar refractivity (Wildman–Crippen MR) is 103 cm³/mol. The van der Waals surface area contributed by atoms with Crippen molar-refractivity contribution in [1.29, 1.82) is 0 Å². The van der Waals surface area contributed by atoms with Crippen molar-refractivity contribution in [3.63, 3.8) is 0 Å². The third kappa shape index (κ3) is 6.01. The van der Waals surface area contributed by atoms with E-state index in [9.17, 15) is 9.59 Å². The highest BCUT2D eigenvalue weighted by molar-refractivity contribution is 6.03. The molecule has 0 saturated heterocycles. The zero-order chi connectivity index (χ0) is 18.8. The summed E-state index contributed by atoms with van der Waals surface area (Å²) in [6, 6.07) is 15.3. The molecule has 0 aliphatic carbocycles. The zero-order valence-corrected chi connectivity index (χ0v) is 15.4. The van der Waals surface area contributed by atoms with E-state index >= 15 is 0 Å². The molecule has 2 N–H and O–H groups in total. The van der Waals surface area contributed by atoms with Crippen LogP contribution in [0.5, 0.6) is 0 Å². The molecular weight excluding hydrogens is 328 g/mol. The van der Waals surface area contributed by atoms with E-state index in [2.05, 4.69) is 41.8 Å². The van der Waals surface area contributed by atoms with Gasteiger partial charge in [0.05, 0.1) is 17.9 Å². The highest BCUT2D eigenvalue weighted by Gasteiger charge is 2.12. The minimum absolute atomic E-state index is 0.110. The average Bonchev–Trinajstić information content (AvgIpc) is 2.67. The lowest BCUT2D eigenvalue weighted by Gasteiger charge is -2.11. The standard InChI is InChI=1S/C21H26N2O3/c1-3-16-8-10-17(11-9-16)12-13-20(24)23-19-7-5-4-6-18(19)21(25)22-14-15-26-2/h4-11H,3,12-15H2,1-2H3,(H,22,25)(H,23,24). The Morgan fingerprint density at radius 2 is 1.69 bits per heavy atom. The number of hydrogen-bond donors (Lipinski definition) is 2. The number of aryl methyl sites for hydroxylation is 2. The first-order chi connectivity index (χ1) is 12.6. The maximum atomic E-state index is 12.3. The SMILES string of the molecule is CCc1ccc(CCC(=O)Nc2ccccc2C(=O)NCCOC)cc1. The van der Waals surface area contributed by atoms with Gasteiger partial charge in [-0.05, 0) is 36.1 Å². The highest BCUT2D eigenvalue weighted by Crippen LogP contribution is 2.16. The monoisotopic (exact) mass is 354 g/mol. The minimum Gasteiger partial charge on any atom is -0.383 e. The van der Waals surface area contributed by atoms with E-state index in [1.165, 1.54) is 5.56 Å². The van der Waals surface area contributed by atoms with Gasteiger partial charge in [0, 0.05) is 20.1 Å². The van der Waals surface area contributed by atoms with Crippen LogP contribution in [0.25, 0.3) is 0 Å². The van der Waals surface area contributed by atoms with Gasteiger partial charge in [0.2, 0.25) is 5.91 Å². The number of benzene rings is 2. The molecule has 0 saturated carbocycles. The van der Waals surface area contributed by atoms with Crippen molar-refractivity contribution in [3.8, 4) is 0 Å². The van der Waals surface area contributed by atoms with Crippen molar-refractivity contribution in [3.05, 3.63) is 65.2 Å². The van der Waals surface area contributed by atoms with Gasteiger partial charge in [-0.3, -0.25) is 9.59 Å². The molecule has 0 heterocycles. The highest BCUT2D eigenvalue weighted by atomic mass is 16.5. The molecule has 26 heavy (non-hydrogen) atoms. The Morgan fingerprint density at radius 1 is 1.00 bits per heavy atom. The molecule has 2 amide bonds. The molecule has 0 aromatic heterocycles. The lowest BCUT2D eigenvalue weighted by atomic mass is 10.1. The van der Waals surface area contributed by atoms with Gasteiger partial charge in [0.25, 0.3) is 5.91 Å². The van der Waals surface area contributed by atoms with Crippen LogP contribution in [-0.2, 0) is 22.4 Å². The lowest BCUT2D eigenvalue weighted by Crippen LogP contribution is -2.28. The molecule has 0 aliphatic rings. The summed E-state index contributed by atoms with van der Waals surface area (Å²) in [5.74, 6) is -0.338. The van der Waals surface area contributed by atoms with Crippen molar-refractivity contribution in [2.45, 2.75) is 26.2 Å². The Bertz CT molecular complexity index is 726. The molecular formula is C21H26N2O3. The van der Waals surface area contributed by atoms with Gasteiger partial charge in [-0.25, -0.2) is 0 Å². The Kier molecular flexibility index (Phi) is 7.83. The van der Waals surface area contributed by atoms with Gasteiger partial charge >= 0.3 is 0 Å². The summed E-state index contributed by atoms with van der Waals surface area (Å²) in [4.78, 5) is 24.5. The van der Waals surface area contributed by atoms with Crippen LogP contribution < -0.4 is 10.6 Å². The van der Waals surface area contributed by atoms with Crippen molar-refractivity contribution in [2.24, 2.45) is 0 Å². The summed E-state index contributed by atoms with van der Waals surface area (Å²) in [6.45, 7) is 2.98. The van der Waals surface area contributed by atoms with Crippen molar-refractivity contribution in [2.75, 3.05) is 25.6 Å². The summed E-state index contributed by atoms with van der Waals surface area (Å²) in [6.07, 6.45) is 2.03. The second-order valence-electron chi connectivity index (χ2n) is 6.01. The van der Waals surface area contributed by atoms with Gasteiger partial charge in [-0.2, -0.15) is 0 Å². The Labute approximate surface area is 154 Å². The fourth-order valence-electron chi connectivity index (χ4n) is 2.56. The summed E-state index contributed by atoms with van der Waals surface area (Å²) < 4.78 is 4.93. The topological polar surface area (TPSA) is 67.4 Å². The normalized spacial score (nSPS) is 10.4. The molecule has 0 radical (unpaired) electrons. The van der Waals surface area contributed by atoms with Crippen LogP contribution in [0.2, 0.25) is 0 Å².